The number of esters is 1. The predicted molar refractivity (Wildman–Crippen MR) is 101 cm³/mol. The van der Waals surface area contributed by atoms with Crippen molar-refractivity contribution in [2.24, 2.45) is 5.41 Å². The zero-order valence-electron chi connectivity index (χ0n) is 15.6. The molecule has 0 unspecified atom stereocenters. The van der Waals surface area contributed by atoms with Gasteiger partial charge >= 0.3 is 5.97 Å². The molecular weight excluding hydrogens is 346 g/mol. The van der Waals surface area contributed by atoms with Gasteiger partial charge in [0.2, 0.25) is 11.8 Å². The highest BCUT2D eigenvalue weighted by atomic mass is 16.5. The molecule has 0 bridgehead atoms. The monoisotopic (exact) mass is 369 g/mol. The van der Waals surface area contributed by atoms with Crippen molar-refractivity contribution in [2.75, 3.05) is 11.9 Å². The van der Waals surface area contributed by atoms with E-state index in [1.54, 1.807) is 63.5 Å². The van der Waals surface area contributed by atoms with Crippen LogP contribution in [0, 0.1) is 5.41 Å². The molecule has 7 heteroatoms. The second kappa shape index (κ2) is 8.93. The second-order valence-corrected chi connectivity index (χ2v) is 6.42. The van der Waals surface area contributed by atoms with Crippen LogP contribution < -0.4 is 10.6 Å². The van der Waals surface area contributed by atoms with Gasteiger partial charge in [-0.2, -0.15) is 0 Å². The van der Waals surface area contributed by atoms with E-state index in [2.05, 4.69) is 15.6 Å². The van der Waals surface area contributed by atoms with Crippen molar-refractivity contribution < 1.29 is 19.1 Å². The van der Waals surface area contributed by atoms with Gasteiger partial charge in [0, 0.05) is 24.6 Å². The first-order chi connectivity index (χ1) is 12.8. The van der Waals surface area contributed by atoms with Gasteiger partial charge < -0.3 is 15.4 Å². The molecule has 0 saturated heterocycles. The van der Waals surface area contributed by atoms with Gasteiger partial charge in [0.25, 0.3) is 0 Å². The summed E-state index contributed by atoms with van der Waals surface area (Å²) in [7, 11) is 0. The average Bonchev–Trinajstić information content (AvgIpc) is 2.67. The van der Waals surface area contributed by atoms with Gasteiger partial charge in [-0.15, -0.1) is 0 Å². The van der Waals surface area contributed by atoms with Crippen LogP contribution in [0.4, 0.5) is 5.69 Å². The van der Waals surface area contributed by atoms with Crippen LogP contribution in [0.2, 0.25) is 0 Å². The van der Waals surface area contributed by atoms with Crippen molar-refractivity contribution in [3.05, 3.63) is 59.9 Å². The third-order valence-corrected chi connectivity index (χ3v) is 3.97. The fraction of sp³-hybridized carbons (Fsp3) is 0.300. The molecule has 0 aliphatic heterocycles. The molecule has 0 saturated carbocycles. The SMILES string of the molecule is CCOC(=O)c1ccc(NC(=O)C(C)(C)C(=O)NCc2cccnc2)cc1. The van der Waals surface area contributed by atoms with E-state index in [1.807, 2.05) is 6.07 Å². The molecule has 0 aliphatic rings. The van der Waals surface area contributed by atoms with Crippen molar-refractivity contribution in [1.29, 1.82) is 0 Å². The summed E-state index contributed by atoms with van der Waals surface area (Å²) < 4.78 is 4.91. The van der Waals surface area contributed by atoms with Crippen LogP contribution in [0.15, 0.2) is 48.8 Å². The Morgan fingerprint density at radius 2 is 1.78 bits per heavy atom. The molecule has 1 heterocycles. The molecule has 0 radical (unpaired) electrons. The van der Waals surface area contributed by atoms with Crippen LogP contribution >= 0.6 is 0 Å². The molecule has 1 aromatic heterocycles. The van der Waals surface area contributed by atoms with Gasteiger partial charge in [-0.1, -0.05) is 6.07 Å². The van der Waals surface area contributed by atoms with Crippen LogP contribution in [0.25, 0.3) is 0 Å². The summed E-state index contributed by atoms with van der Waals surface area (Å²) in [6.07, 6.45) is 3.30. The molecule has 0 atom stereocenters. The fourth-order valence-corrected chi connectivity index (χ4v) is 2.20. The van der Waals surface area contributed by atoms with E-state index in [0.717, 1.165) is 5.56 Å². The molecular formula is C20H23N3O4. The summed E-state index contributed by atoms with van der Waals surface area (Å²) in [4.78, 5) is 40.6. The summed E-state index contributed by atoms with van der Waals surface area (Å²) >= 11 is 0. The number of amides is 2. The van der Waals surface area contributed by atoms with E-state index in [-0.39, 0.29) is 6.54 Å². The van der Waals surface area contributed by atoms with E-state index in [1.165, 1.54) is 0 Å². The molecule has 2 aromatic rings. The first-order valence-corrected chi connectivity index (χ1v) is 8.60. The minimum absolute atomic E-state index is 0.289. The highest BCUT2D eigenvalue weighted by Crippen LogP contribution is 2.20. The Labute approximate surface area is 158 Å². The highest BCUT2D eigenvalue weighted by molar-refractivity contribution is 6.09. The van der Waals surface area contributed by atoms with Crippen LogP contribution in [0.1, 0.15) is 36.7 Å². The summed E-state index contributed by atoms with van der Waals surface area (Å²) in [6.45, 7) is 5.41. The molecule has 0 fully saturated rings. The number of aromatic nitrogens is 1. The maximum Gasteiger partial charge on any atom is 0.338 e. The lowest BCUT2D eigenvalue weighted by Gasteiger charge is -2.22. The summed E-state index contributed by atoms with van der Waals surface area (Å²) in [5, 5.41) is 5.44. The number of anilines is 1. The van der Waals surface area contributed by atoms with Crippen molar-refractivity contribution in [3.8, 4) is 0 Å². The molecule has 27 heavy (non-hydrogen) atoms. The zero-order chi connectivity index (χ0) is 19.9. The number of rotatable bonds is 7. The molecule has 0 spiro atoms. The number of hydrogen-bond acceptors (Lipinski definition) is 5. The smallest absolute Gasteiger partial charge is 0.338 e. The lowest BCUT2D eigenvalue weighted by molar-refractivity contribution is -0.138. The first kappa shape index (κ1) is 20.1. The van der Waals surface area contributed by atoms with Crippen LogP contribution in [-0.4, -0.2) is 29.4 Å². The second-order valence-electron chi connectivity index (χ2n) is 6.42. The number of nitrogens with zero attached hydrogens (tertiary/aromatic N) is 1. The minimum atomic E-state index is -1.28. The molecule has 7 nitrogen and oxygen atoms in total. The average molecular weight is 369 g/mol. The maximum atomic E-state index is 12.5. The Morgan fingerprint density at radius 3 is 2.37 bits per heavy atom. The third-order valence-electron chi connectivity index (χ3n) is 3.97. The number of pyridine rings is 1. The Morgan fingerprint density at radius 1 is 1.07 bits per heavy atom. The van der Waals surface area contributed by atoms with E-state index in [9.17, 15) is 14.4 Å². The Balaban J connectivity index is 1.96. The van der Waals surface area contributed by atoms with Crippen LogP contribution in [0.3, 0.4) is 0 Å². The van der Waals surface area contributed by atoms with E-state index in [0.29, 0.717) is 17.9 Å². The number of nitrogens with one attached hydrogen (secondary N) is 2. The third kappa shape index (κ3) is 5.37. The van der Waals surface area contributed by atoms with Gasteiger partial charge in [0.1, 0.15) is 5.41 Å². The number of carbonyl (C=O) groups excluding carboxylic acids is 3. The quantitative estimate of drug-likeness (QED) is 0.577. The zero-order valence-corrected chi connectivity index (χ0v) is 15.6. The normalized spacial score (nSPS) is 10.8. The fourth-order valence-electron chi connectivity index (χ4n) is 2.20. The summed E-state index contributed by atoms with van der Waals surface area (Å²) in [6, 6.07) is 9.92. The summed E-state index contributed by atoms with van der Waals surface area (Å²) in [5.74, 6) is -1.27. The molecule has 0 aliphatic carbocycles. The number of carbonyl (C=O) groups is 3. The first-order valence-electron chi connectivity index (χ1n) is 8.60. The molecule has 2 amide bonds. The molecule has 2 rings (SSSR count). The molecule has 142 valence electrons. The van der Waals surface area contributed by atoms with Gasteiger partial charge in [0.15, 0.2) is 0 Å². The van der Waals surface area contributed by atoms with Crippen molar-refractivity contribution in [2.45, 2.75) is 27.3 Å². The van der Waals surface area contributed by atoms with Crippen molar-refractivity contribution >= 4 is 23.5 Å². The van der Waals surface area contributed by atoms with Crippen molar-refractivity contribution in [1.82, 2.24) is 10.3 Å². The standard InChI is InChI=1S/C20H23N3O4/c1-4-27-17(24)15-7-9-16(10-8-15)23-19(26)20(2,3)18(25)22-13-14-6-5-11-21-12-14/h5-12H,4,13H2,1-3H3,(H,22,25)(H,23,26). The van der Waals surface area contributed by atoms with Gasteiger partial charge in [-0.3, -0.25) is 14.6 Å². The van der Waals surface area contributed by atoms with Crippen molar-refractivity contribution in [3.63, 3.8) is 0 Å². The number of ether oxygens (including phenoxy) is 1. The number of benzene rings is 1. The molecule has 2 N–H and O–H groups in total. The lowest BCUT2D eigenvalue weighted by Crippen LogP contribution is -2.44. The van der Waals surface area contributed by atoms with E-state index in [4.69, 9.17) is 4.74 Å². The predicted octanol–water partition coefficient (Wildman–Crippen LogP) is 2.54. The Hall–Kier alpha value is -3.22. The lowest BCUT2D eigenvalue weighted by atomic mass is 9.90. The Kier molecular flexibility index (Phi) is 6.65. The highest BCUT2D eigenvalue weighted by Gasteiger charge is 2.35. The van der Waals surface area contributed by atoms with Gasteiger partial charge in [-0.05, 0) is 56.7 Å². The van der Waals surface area contributed by atoms with E-state index >= 15 is 0 Å². The van der Waals surface area contributed by atoms with Gasteiger partial charge in [0.05, 0.1) is 12.2 Å². The maximum absolute atomic E-state index is 12.5. The minimum Gasteiger partial charge on any atom is -0.462 e. The van der Waals surface area contributed by atoms with Crippen LogP contribution in [0.5, 0.6) is 0 Å². The summed E-state index contributed by atoms with van der Waals surface area (Å²) in [5.41, 5.74) is 0.447. The molecule has 1 aromatic carbocycles. The van der Waals surface area contributed by atoms with E-state index < -0.39 is 23.2 Å². The van der Waals surface area contributed by atoms with Crippen LogP contribution in [-0.2, 0) is 20.9 Å². The topological polar surface area (TPSA) is 97.4 Å². The largest absolute Gasteiger partial charge is 0.462 e. The number of hydrogen-bond donors (Lipinski definition) is 2. The Bertz CT molecular complexity index is 802. The van der Waals surface area contributed by atoms with Gasteiger partial charge in [-0.25, -0.2) is 4.79 Å².